The topological polar surface area (TPSA) is 65.7 Å². The Bertz CT molecular complexity index is 882. The third kappa shape index (κ3) is 2.38. The maximum absolute atomic E-state index is 12.5. The summed E-state index contributed by atoms with van der Waals surface area (Å²) >= 11 is 8.04. The van der Waals surface area contributed by atoms with Gasteiger partial charge in [-0.05, 0) is 59.0 Å². The first-order valence-electron chi connectivity index (χ1n) is 5.76. The predicted molar refractivity (Wildman–Crippen MR) is 86.5 cm³/mol. The van der Waals surface area contributed by atoms with E-state index >= 15 is 0 Å². The molecule has 0 saturated heterocycles. The van der Waals surface area contributed by atoms with E-state index in [4.69, 9.17) is 11.6 Å². The summed E-state index contributed by atoms with van der Waals surface area (Å²) in [4.78, 5) is 29.0. The van der Waals surface area contributed by atoms with Crippen LogP contribution in [0.4, 0.5) is 0 Å². The van der Waals surface area contributed by atoms with Crippen molar-refractivity contribution in [3.8, 4) is 0 Å². The number of carbonyl (C=O) groups excluding carboxylic acids is 1. The van der Waals surface area contributed by atoms with E-state index in [-0.39, 0.29) is 11.5 Å². The lowest BCUT2D eigenvalue weighted by atomic mass is 10.0. The highest BCUT2D eigenvalue weighted by atomic mass is 127. The Kier molecular flexibility index (Phi) is 3.39. The van der Waals surface area contributed by atoms with Crippen molar-refractivity contribution in [2.24, 2.45) is 0 Å². The van der Waals surface area contributed by atoms with Gasteiger partial charge < -0.3 is 9.97 Å². The minimum absolute atomic E-state index is 0.124. The highest BCUT2D eigenvalue weighted by molar-refractivity contribution is 14.1. The lowest BCUT2D eigenvalue weighted by Gasteiger charge is -2.04. The molecule has 0 aliphatic carbocycles. The third-order valence-corrected chi connectivity index (χ3v) is 4.13. The maximum atomic E-state index is 12.5. The summed E-state index contributed by atoms with van der Waals surface area (Å²) in [7, 11) is 0. The Hall–Kier alpha value is -1.60. The van der Waals surface area contributed by atoms with E-state index in [0.717, 1.165) is 3.57 Å². The first kappa shape index (κ1) is 13.4. The van der Waals surface area contributed by atoms with Gasteiger partial charge in [-0.15, -0.1) is 0 Å². The van der Waals surface area contributed by atoms with Crippen molar-refractivity contribution in [3.05, 3.63) is 66.6 Å². The van der Waals surface area contributed by atoms with Crippen molar-refractivity contribution in [3.63, 3.8) is 0 Å². The Morgan fingerprint density at radius 1 is 1.05 bits per heavy atom. The molecule has 2 N–H and O–H groups in total. The number of benzene rings is 2. The number of rotatable bonds is 2. The number of carbonyl (C=O) groups is 1. The number of aromatic amines is 2. The second kappa shape index (κ2) is 5.06. The van der Waals surface area contributed by atoms with Gasteiger partial charge in [0.2, 0.25) is 0 Å². The Balaban J connectivity index is 2.12. The van der Waals surface area contributed by atoms with E-state index in [0.29, 0.717) is 27.2 Å². The summed E-state index contributed by atoms with van der Waals surface area (Å²) in [6, 6.07) is 10.2. The van der Waals surface area contributed by atoms with Crippen molar-refractivity contribution >= 4 is 51.0 Å². The number of ketones is 1. The predicted octanol–water partition coefficient (Wildman–Crippen LogP) is 3.35. The molecule has 0 atom stereocenters. The van der Waals surface area contributed by atoms with E-state index < -0.39 is 0 Å². The van der Waals surface area contributed by atoms with Gasteiger partial charge in [0.15, 0.2) is 5.78 Å². The number of H-pyrrole nitrogens is 2. The van der Waals surface area contributed by atoms with Gasteiger partial charge >= 0.3 is 5.69 Å². The zero-order valence-electron chi connectivity index (χ0n) is 10.0. The fourth-order valence-corrected chi connectivity index (χ4v) is 2.75. The quantitative estimate of drug-likeness (QED) is 0.514. The van der Waals surface area contributed by atoms with Gasteiger partial charge in [-0.3, -0.25) is 4.79 Å². The number of aromatic nitrogens is 2. The highest BCUT2D eigenvalue weighted by Crippen LogP contribution is 2.22. The first-order chi connectivity index (χ1) is 9.54. The van der Waals surface area contributed by atoms with E-state index in [1.165, 1.54) is 0 Å². The van der Waals surface area contributed by atoms with Crippen LogP contribution in [0.3, 0.4) is 0 Å². The molecule has 0 unspecified atom stereocenters. The summed E-state index contributed by atoms with van der Waals surface area (Å²) in [6.07, 6.45) is 0. The van der Waals surface area contributed by atoms with Crippen LogP contribution in [0.25, 0.3) is 11.0 Å². The molecule has 1 aromatic heterocycles. The van der Waals surface area contributed by atoms with E-state index in [1.807, 2.05) is 0 Å². The van der Waals surface area contributed by atoms with E-state index in [9.17, 15) is 9.59 Å². The molecule has 0 spiro atoms. The van der Waals surface area contributed by atoms with Crippen LogP contribution >= 0.6 is 34.2 Å². The number of imidazole rings is 1. The van der Waals surface area contributed by atoms with Gasteiger partial charge in [-0.25, -0.2) is 4.79 Å². The van der Waals surface area contributed by atoms with E-state index in [1.54, 1.807) is 36.4 Å². The average molecular weight is 399 g/mol. The van der Waals surface area contributed by atoms with Gasteiger partial charge in [0.05, 0.1) is 11.0 Å². The monoisotopic (exact) mass is 398 g/mol. The van der Waals surface area contributed by atoms with Crippen LogP contribution in [0.15, 0.2) is 41.2 Å². The summed E-state index contributed by atoms with van der Waals surface area (Å²) in [5.41, 5.74) is 2.05. The molecule has 0 bridgehead atoms. The number of hydrogen-bond donors (Lipinski definition) is 2. The molecule has 2 aromatic carbocycles. The molecule has 0 amide bonds. The van der Waals surface area contributed by atoms with Gasteiger partial charge in [-0.1, -0.05) is 11.6 Å². The summed E-state index contributed by atoms with van der Waals surface area (Å²) < 4.78 is 0.833. The average Bonchev–Trinajstić information content (AvgIpc) is 2.79. The molecule has 0 aliphatic heterocycles. The summed E-state index contributed by atoms with van der Waals surface area (Å²) in [5, 5.41) is 0.518. The molecule has 0 fully saturated rings. The normalized spacial score (nSPS) is 10.9. The standard InChI is InChI=1S/C14H8ClIN2O2/c15-8-2-3-10(16)9(6-8)13(19)7-1-4-11-12(5-7)18-14(20)17-11/h1-6H,(H2,17,18,20). The number of fused-ring (bicyclic) bond motifs is 1. The Morgan fingerprint density at radius 2 is 1.80 bits per heavy atom. The molecule has 1 heterocycles. The zero-order valence-corrected chi connectivity index (χ0v) is 12.9. The number of hydrogen-bond acceptors (Lipinski definition) is 2. The molecule has 3 rings (SSSR count). The molecule has 3 aromatic rings. The van der Waals surface area contributed by atoms with Gasteiger partial charge in [0.25, 0.3) is 0 Å². The minimum atomic E-state index is -0.290. The lowest BCUT2D eigenvalue weighted by molar-refractivity contribution is 0.103. The van der Waals surface area contributed by atoms with Crippen molar-refractivity contribution in [2.75, 3.05) is 0 Å². The summed E-state index contributed by atoms with van der Waals surface area (Å²) in [5.74, 6) is -0.124. The van der Waals surface area contributed by atoms with Crippen LogP contribution in [0, 0.1) is 3.57 Å². The van der Waals surface area contributed by atoms with Gasteiger partial charge in [-0.2, -0.15) is 0 Å². The van der Waals surface area contributed by atoms with Crippen LogP contribution in [0.5, 0.6) is 0 Å². The Labute approximate surface area is 132 Å². The SMILES string of the molecule is O=C(c1ccc2[nH]c(=O)[nH]c2c1)c1cc(Cl)ccc1I. The maximum Gasteiger partial charge on any atom is 0.323 e. The van der Waals surface area contributed by atoms with Crippen LogP contribution in [0.2, 0.25) is 5.02 Å². The number of nitrogens with one attached hydrogen (secondary N) is 2. The highest BCUT2D eigenvalue weighted by Gasteiger charge is 2.14. The van der Waals surface area contributed by atoms with Crippen LogP contribution in [-0.2, 0) is 0 Å². The fraction of sp³-hybridized carbons (Fsp3) is 0. The van der Waals surface area contributed by atoms with Crippen LogP contribution < -0.4 is 5.69 Å². The zero-order chi connectivity index (χ0) is 14.3. The third-order valence-electron chi connectivity index (χ3n) is 2.95. The lowest BCUT2D eigenvalue weighted by Crippen LogP contribution is -2.03. The molecule has 0 saturated carbocycles. The second-order valence-electron chi connectivity index (χ2n) is 4.29. The second-order valence-corrected chi connectivity index (χ2v) is 5.89. The molecule has 0 radical (unpaired) electrons. The van der Waals surface area contributed by atoms with Crippen LogP contribution in [0.1, 0.15) is 15.9 Å². The van der Waals surface area contributed by atoms with Crippen molar-refractivity contribution < 1.29 is 4.79 Å². The summed E-state index contributed by atoms with van der Waals surface area (Å²) in [6.45, 7) is 0. The molecule has 0 aliphatic rings. The molecule has 6 heteroatoms. The molecular weight excluding hydrogens is 391 g/mol. The minimum Gasteiger partial charge on any atom is -0.306 e. The number of halogens is 2. The largest absolute Gasteiger partial charge is 0.323 e. The van der Waals surface area contributed by atoms with Crippen molar-refractivity contribution in [1.82, 2.24) is 9.97 Å². The fourth-order valence-electron chi connectivity index (χ4n) is 2.00. The van der Waals surface area contributed by atoms with Crippen LogP contribution in [-0.4, -0.2) is 15.8 Å². The van der Waals surface area contributed by atoms with Gasteiger partial charge in [0, 0.05) is 19.7 Å². The van der Waals surface area contributed by atoms with Crippen molar-refractivity contribution in [2.45, 2.75) is 0 Å². The Morgan fingerprint density at radius 3 is 2.60 bits per heavy atom. The van der Waals surface area contributed by atoms with E-state index in [2.05, 4.69) is 32.6 Å². The molecule has 100 valence electrons. The molecule has 20 heavy (non-hydrogen) atoms. The molecule has 4 nitrogen and oxygen atoms in total. The molecular formula is C14H8ClIN2O2. The first-order valence-corrected chi connectivity index (χ1v) is 7.22. The van der Waals surface area contributed by atoms with Gasteiger partial charge in [0.1, 0.15) is 0 Å². The van der Waals surface area contributed by atoms with Crippen molar-refractivity contribution in [1.29, 1.82) is 0 Å². The smallest absolute Gasteiger partial charge is 0.306 e.